The van der Waals surface area contributed by atoms with Crippen molar-refractivity contribution in [3.8, 4) is 0 Å². The first-order valence-electron chi connectivity index (χ1n) is 3.09. The molecule has 1 rings (SSSR count). The van der Waals surface area contributed by atoms with Crippen LogP contribution in [-0.2, 0) is 0 Å². The van der Waals surface area contributed by atoms with E-state index in [1.807, 2.05) is 6.92 Å². The summed E-state index contributed by atoms with van der Waals surface area (Å²) in [5.41, 5.74) is 5.53. The Labute approximate surface area is 49.7 Å². The Hall–Kier alpha value is -0.0800. The molecule has 0 saturated heterocycles. The number of aliphatic hydroxyl groups is 1. The van der Waals surface area contributed by atoms with Gasteiger partial charge in [0, 0.05) is 12.0 Å². The van der Waals surface area contributed by atoms with Gasteiger partial charge in [-0.1, -0.05) is 0 Å². The van der Waals surface area contributed by atoms with Crippen molar-refractivity contribution in [3.63, 3.8) is 0 Å². The van der Waals surface area contributed by atoms with E-state index in [1.165, 1.54) is 0 Å². The Balaban J connectivity index is 2.41. The van der Waals surface area contributed by atoms with Crippen molar-refractivity contribution < 1.29 is 5.11 Å². The van der Waals surface area contributed by atoms with E-state index in [1.54, 1.807) is 0 Å². The summed E-state index contributed by atoms with van der Waals surface area (Å²) < 4.78 is 0. The highest BCUT2D eigenvalue weighted by Gasteiger charge is 2.45. The molecule has 48 valence electrons. The predicted molar refractivity (Wildman–Crippen MR) is 32.4 cm³/mol. The standard InChI is InChI=1S/C6H13NO/c1-5(8)6(4-7)2-3-6/h5,8H,2-4,7H2,1H3/t5-/m1/s1. The van der Waals surface area contributed by atoms with Gasteiger partial charge in [0.15, 0.2) is 0 Å². The minimum Gasteiger partial charge on any atom is -0.393 e. The number of nitrogens with two attached hydrogens (primary N) is 1. The van der Waals surface area contributed by atoms with Crippen molar-refractivity contribution in [2.24, 2.45) is 11.1 Å². The summed E-state index contributed by atoms with van der Waals surface area (Å²) in [5, 5.41) is 9.06. The Kier molecular flexibility index (Phi) is 1.29. The molecule has 2 heteroatoms. The third-order valence-electron chi connectivity index (χ3n) is 2.18. The van der Waals surface area contributed by atoms with Crippen LogP contribution in [0.25, 0.3) is 0 Å². The van der Waals surface area contributed by atoms with Gasteiger partial charge in [-0.05, 0) is 19.8 Å². The van der Waals surface area contributed by atoms with Crippen LogP contribution >= 0.6 is 0 Å². The summed E-state index contributed by atoms with van der Waals surface area (Å²) in [6.07, 6.45) is 2.02. The van der Waals surface area contributed by atoms with Crippen molar-refractivity contribution in [2.75, 3.05) is 6.54 Å². The summed E-state index contributed by atoms with van der Waals surface area (Å²) in [6.45, 7) is 2.46. The smallest absolute Gasteiger partial charge is 0.0580 e. The van der Waals surface area contributed by atoms with E-state index in [4.69, 9.17) is 10.8 Å². The van der Waals surface area contributed by atoms with Gasteiger partial charge in [-0.25, -0.2) is 0 Å². The quantitative estimate of drug-likeness (QED) is 0.536. The van der Waals surface area contributed by atoms with E-state index in [0.29, 0.717) is 6.54 Å². The topological polar surface area (TPSA) is 46.2 Å². The first kappa shape index (κ1) is 6.05. The van der Waals surface area contributed by atoms with Crippen LogP contribution in [0.4, 0.5) is 0 Å². The number of aliphatic hydroxyl groups excluding tert-OH is 1. The maximum Gasteiger partial charge on any atom is 0.0580 e. The highest BCUT2D eigenvalue weighted by atomic mass is 16.3. The van der Waals surface area contributed by atoms with Crippen molar-refractivity contribution >= 4 is 0 Å². The molecule has 0 aromatic carbocycles. The molecular formula is C6H13NO. The summed E-state index contributed by atoms with van der Waals surface area (Å²) in [4.78, 5) is 0. The molecule has 1 aliphatic carbocycles. The zero-order valence-corrected chi connectivity index (χ0v) is 5.22. The molecule has 0 aromatic rings. The van der Waals surface area contributed by atoms with Gasteiger partial charge in [-0.3, -0.25) is 0 Å². The second-order valence-corrected chi connectivity index (χ2v) is 2.74. The maximum absolute atomic E-state index is 9.06. The average molecular weight is 115 g/mol. The third-order valence-corrected chi connectivity index (χ3v) is 2.18. The molecule has 0 spiro atoms. The van der Waals surface area contributed by atoms with Gasteiger partial charge in [0.25, 0.3) is 0 Å². The second-order valence-electron chi connectivity index (χ2n) is 2.74. The minimum absolute atomic E-state index is 0.125. The summed E-state index contributed by atoms with van der Waals surface area (Å²) in [6, 6.07) is 0. The molecule has 0 radical (unpaired) electrons. The second kappa shape index (κ2) is 1.71. The van der Waals surface area contributed by atoms with Gasteiger partial charge in [-0.2, -0.15) is 0 Å². The van der Waals surface area contributed by atoms with E-state index < -0.39 is 0 Å². The molecule has 0 heterocycles. The molecule has 3 N–H and O–H groups in total. The van der Waals surface area contributed by atoms with Crippen LogP contribution in [0.1, 0.15) is 19.8 Å². The normalized spacial score (nSPS) is 27.4. The molecule has 0 aliphatic heterocycles. The number of hydrogen-bond donors (Lipinski definition) is 2. The van der Waals surface area contributed by atoms with Crippen LogP contribution in [0.3, 0.4) is 0 Å². The first-order valence-corrected chi connectivity index (χ1v) is 3.09. The summed E-state index contributed by atoms with van der Waals surface area (Å²) >= 11 is 0. The molecular weight excluding hydrogens is 102 g/mol. The van der Waals surface area contributed by atoms with E-state index in [2.05, 4.69) is 0 Å². The SMILES string of the molecule is C[C@@H](O)C1(CN)CC1. The lowest BCUT2D eigenvalue weighted by Crippen LogP contribution is -2.26. The van der Waals surface area contributed by atoms with Crippen LogP contribution in [0.15, 0.2) is 0 Å². The fraction of sp³-hybridized carbons (Fsp3) is 1.00. The third kappa shape index (κ3) is 0.740. The molecule has 8 heavy (non-hydrogen) atoms. The largest absolute Gasteiger partial charge is 0.393 e. The molecule has 0 bridgehead atoms. The van der Waals surface area contributed by atoms with E-state index in [-0.39, 0.29) is 11.5 Å². The van der Waals surface area contributed by atoms with Crippen molar-refractivity contribution in [3.05, 3.63) is 0 Å². The minimum atomic E-state index is -0.201. The van der Waals surface area contributed by atoms with Gasteiger partial charge in [-0.15, -0.1) is 0 Å². The molecule has 1 aliphatic rings. The fourth-order valence-corrected chi connectivity index (χ4v) is 0.953. The zero-order chi connectivity index (χ0) is 6.20. The van der Waals surface area contributed by atoms with Gasteiger partial charge in [0.1, 0.15) is 0 Å². The van der Waals surface area contributed by atoms with Gasteiger partial charge < -0.3 is 10.8 Å². The van der Waals surface area contributed by atoms with Crippen LogP contribution in [-0.4, -0.2) is 17.8 Å². The Morgan fingerprint density at radius 2 is 2.25 bits per heavy atom. The molecule has 1 atom stereocenters. The fourth-order valence-electron chi connectivity index (χ4n) is 0.953. The highest BCUT2D eigenvalue weighted by molar-refractivity contribution is 4.97. The lowest BCUT2D eigenvalue weighted by Gasteiger charge is -2.14. The molecule has 2 nitrogen and oxygen atoms in total. The van der Waals surface area contributed by atoms with Gasteiger partial charge in [0.05, 0.1) is 6.10 Å². The Morgan fingerprint density at radius 3 is 2.25 bits per heavy atom. The van der Waals surface area contributed by atoms with E-state index in [9.17, 15) is 0 Å². The highest BCUT2D eigenvalue weighted by Crippen LogP contribution is 2.47. The van der Waals surface area contributed by atoms with Crippen molar-refractivity contribution in [1.82, 2.24) is 0 Å². The average Bonchev–Trinajstić information content (AvgIpc) is 2.44. The monoisotopic (exact) mass is 115 g/mol. The van der Waals surface area contributed by atoms with Crippen molar-refractivity contribution in [1.29, 1.82) is 0 Å². The van der Waals surface area contributed by atoms with Crippen LogP contribution in [0.2, 0.25) is 0 Å². The van der Waals surface area contributed by atoms with Crippen LogP contribution < -0.4 is 5.73 Å². The number of hydrogen-bond acceptors (Lipinski definition) is 2. The van der Waals surface area contributed by atoms with Gasteiger partial charge in [0.2, 0.25) is 0 Å². The summed E-state index contributed by atoms with van der Waals surface area (Å²) in [5.74, 6) is 0. The van der Waals surface area contributed by atoms with Crippen molar-refractivity contribution in [2.45, 2.75) is 25.9 Å². The van der Waals surface area contributed by atoms with E-state index >= 15 is 0 Å². The number of rotatable bonds is 2. The predicted octanol–water partition coefficient (Wildman–Crippen LogP) is 0.106. The Bertz CT molecular complexity index is 86.5. The van der Waals surface area contributed by atoms with Crippen LogP contribution in [0.5, 0.6) is 0 Å². The van der Waals surface area contributed by atoms with Crippen LogP contribution in [0, 0.1) is 5.41 Å². The molecule has 1 saturated carbocycles. The summed E-state index contributed by atoms with van der Waals surface area (Å²) in [7, 11) is 0. The zero-order valence-electron chi connectivity index (χ0n) is 5.22. The maximum atomic E-state index is 9.06. The van der Waals surface area contributed by atoms with Gasteiger partial charge >= 0.3 is 0 Å². The molecule has 0 unspecified atom stereocenters. The molecule has 0 amide bonds. The lowest BCUT2D eigenvalue weighted by molar-refractivity contribution is 0.115. The first-order chi connectivity index (χ1) is 3.71. The molecule has 0 aromatic heterocycles. The van der Waals surface area contributed by atoms with E-state index in [0.717, 1.165) is 12.8 Å². The molecule has 1 fully saturated rings. The lowest BCUT2D eigenvalue weighted by atomic mass is 10.0. The Morgan fingerprint density at radius 1 is 1.75 bits per heavy atom.